The van der Waals surface area contributed by atoms with Gasteiger partial charge < -0.3 is 14.9 Å². The molecular weight excluding hydrogens is 290 g/mol. The predicted octanol–water partition coefficient (Wildman–Crippen LogP) is 2.23. The van der Waals surface area contributed by atoms with Crippen LogP contribution in [0.2, 0.25) is 0 Å². The van der Waals surface area contributed by atoms with E-state index < -0.39 is 6.10 Å². The molecule has 0 radical (unpaired) electrons. The molecule has 0 aromatic heterocycles. The van der Waals surface area contributed by atoms with E-state index in [2.05, 4.69) is 0 Å². The van der Waals surface area contributed by atoms with Crippen LogP contribution in [0.4, 0.5) is 0 Å². The molecule has 1 atom stereocenters. The second-order valence-corrected chi connectivity index (χ2v) is 5.72. The fourth-order valence-corrected chi connectivity index (χ4v) is 2.40. The number of aliphatic hydroxyl groups is 2. The molecule has 0 bridgehead atoms. The van der Waals surface area contributed by atoms with Gasteiger partial charge in [0.1, 0.15) is 18.5 Å². The van der Waals surface area contributed by atoms with E-state index in [1.807, 2.05) is 66.4 Å². The molecule has 2 aromatic rings. The van der Waals surface area contributed by atoms with Crippen molar-refractivity contribution in [2.75, 3.05) is 26.3 Å². The van der Waals surface area contributed by atoms with Gasteiger partial charge in [-0.3, -0.25) is 4.90 Å². The van der Waals surface area contributed by atoms with Crippen LogP contribution in [0.3, 0.4) is 0 Å². The van der Waals surface area contributed by atoms with Crippen LogP contribution in [0.1, 0.15) is 11.1 Å². The second kappa shape index (κ2) is 9.30. The lowest BCUT2D eigenvalue weighted by atomic mass is 10.2. The van der Waals surface area contributed by atoms with Gasteiger partial charge in [-0.05, 0) is 24.6 Å². The van der Waals surface area contributed by atoms with Gasteiger partial charge in [0.05, 0.1) is 6.61 Å². The zero-order valence-corrected chi connectivity index (χ0v) is 13.6. The average Bonchev–Trinajstić information content (AvgIpc) is 2.55. The summed E-state index contributed by atoms with van der Waals surface area (Å²) in [6.07, 6.45) is -0.605. The Hall–Kier alpha value is -1.88. The molecule has 0 saturated heterocycles. The van der Waals surface area contributed by atoms with Gasteiger partial charge in [0.15, 0.2) is 0 Å². The molecule has 0 spiro atoms. The van der Waals surface area contributed by atoms with E-state index in [1.165, 1.54) is 5.56 Å². The van der Waals surface area contributed by atoms with Crippen molar-refractivity contribution in [2.45, 2.75) is 19.6 Å². The maximum absolute atomic E-state index is 10.2. The van der Waals surface area contributed by atoms with Crippen molar-refractivity contribution in [3.63, 3.8) is 0 Å². The molecule has 0 fully saturated rings. The third-order valence-corrected chi connectivity index (χ3v) is 3.60. The molecule has 2 N–H and O–H groups in total. The average molecular weight is 315 g/mol. The number of ether oxygens (including phenoxy) is 1. The molecule has 2 rings (SSSR count). The predicted molar refractivity (Wildman–Crippen MR) is 91.5 cm³/mol. The first-order valence-electron chi connectivity index (χ1n) is 7.92. The maximum atomic E-state index is 10.2. The number of aryl methyl sites for hydroxylation is 1. The summed E-state index contributed by atoms with van der Waals surface area (Å²) in [6, 6.07) is 17.8. The summed E-state index contributed by atoms with van der Waals surface area (Å²) in [5.74, 6) is 0.756. The van der Waals surface area contributed by atoms with E-state index in [4.69, 9.17) is 4.74 Å². The Labute approximate surface area is 138 Å². The van der Waals surface area contributed by atoms with Gasteiger partial charge in [-0.2, -0.15) is 0 Å². The highest BCUT2D eigenvalue weighted by Gasteiger charge is 2.13. The summed E-state index contributed by atoms with van der Waals surface area (Å²) in [5, 5.41) is 19.4. The Morgan fingerprint density at radius 3 is 2.39 bits per heavy atom. The van der Waals surface area contributed by atoms with Crippen LogP contribution in [0.5, 0.6) is 5.75 Å². The number of benzene rings is 2. The Bertz CT molecular complexity index is 557. The first-order chi connectivity index (χ1) is 11.2. The minimum Gasteiger partial charge on any atom is -0.491 e. The van der Waals surface area contributed by atoms with Crippen molar-refractivity contribution in [1.29, 1.82) is 0 Å². The minimum atomic E-state index is -0.605. The quantitative estimate of drug-likeness (QED) is 0.745. The van der Waals surface area contributed by atoms with Crippen molar-refractivity contribution >= 4 is 0 Å². The monoisotopic (exact) mass is 315 g/mol. The standard InChI is InChI=1S/C19H25NO3/c1-16-7-9-19(10-8-16)23-15-18(22)14-20(11-12-21)13-17-5-3-2-4-6-17/h2-10,18,21-22H,11-15H2,1H3/t18-/m1/s1. The summed E-state index contributed by atoms with van der Waals surface area (Å²) < 4.78 is 5.61. The molecule has 2 aromatic carbocycles. The number of hydrogen-bond donors (Lipinski definition) is 2. The third kappa shape index (κ3) is 6.40. The lowest BCUT2D eigenvalue weighted by Crippen LogP contribution is -2.37. The van der Waals surface area contributed by atoms with E-state index in [0.717, 1.165) is 11.3 Å². The van der Waals surface area contributed by atoms with Crippen LogP contribution < -0.4 is 4.74 Å². The van der Waals surface area contributed by atoms with Gasteiger partial charge in [-0.1, -0.05) is 48.0 Å². The molecule has 0 aliphatic heterocycles. The topological polar surface area (TPSA) is 52.9 Å². The zero-order chi connectivity index (χ0) is 16.5. The van der Waals surface area contributed by atoms with E-state index in [0.29, 0.717) is 19.6 Å². The molecule has 0 heterocycles. The summed E-state index contributed by atoms with van der Waals surface area (Å²) in [5.41, 5.74) is 2.34. The van der Waals surface area contributed by atoms with Crippen LogP contribution in [-0.4, -0.2) is 47.5 Å². The fourth-order valence-electron chi connectivity index (χ4n) is 2.40. The van der Waals surface area contributed by atoms with Crippen molar-refractivity contribution in [2.24, 2.45) is 0 Å². The third-order valence-electron chi connectivity index (χ3n) is 3.60. The molecule has 0 amide bonds. The summed E-state index contributed by atoms with van der Waals surface area (Å²) >= 11 is 0. The molecule has 0 aliphatic rings. The van der Waals surface area contributed by atoms with E-state index in [-0.39, 0.29) is 13.2 Å². The van der Waals surface area contributed by atoms with Crippen LogP contribution in [-0.2, 0) is 6.54 Å². The maximum Gasteiger partial charge on any atom is 0.119 e. The van der Waals surface area contributed by atoms with E-state index >= 15 is 0 Å². The molecule has 23 heavy (non-hydrogen) atoms. The first kappa shape index (κ1) is 17.5. The highest BCUT2D eigenvalue weighted by Crippen LogP contribution is 2.12. The normalized spacial score (nSPS) is 12.3. The molecule has 0 saturated carbocycles. The van der Waals surface area contributed by atoms with Crippen molar-refractivity contribution in [3.8, 4) is 5.75 Å². The van der Waals surface area contributed by atoms with Gasteiger partial charge in [0.25, 0.3) is 0 Å². The van der Waals surface area contributed by atoms with Gasteiger partial charge in [0.2, 0.25) is 0 Å². The van der Waals surface area contributed by atoms with Gasteiger partial charge in [0, 0.05) is 19.6 Å². The highest BCUT2D eigenvalue weighted by molar-refractivity contribution is 5.26. The summed E-state index contributed by atoms with van der Waals surface area (Å²) in [7, 11) is 0. The second-order valence-electron chi connectivity index (χ2n) is 5.72. The Morgan fingerprint density at radius 1 is 1.04 bits per heavy atom. The Balaban J connectivity index is 1.82. The Morgan fingerprint density at radius 2 is 1.74 bits per heavy atom. The molecule has 0 aliphatic carbocycles. The molecule has 0 unspecified atom stereocenters. The van der Waals surface area contributed by atoms with Crippen LogP contribution in [0.15, 0.2) is 54.6 Å². The molecular formula is C19H25NO3. The van der Waals surface area contributed by atoms with E-state index in [1.54, 1.807) is 0 Å². The van der Waals surface area contributed by atoms with Gasteiger partial charge in [-0.25, -0.2) is 0 Å². The van der Waals surface area contributed by atoms with Crippen molar-refractivity contribution < 1.29 is 14.9 Å². The Kier molecular flexibility index (Phi) is 7.07. The molecule has 4 nitrogen and oxygen atoms in total. The summed E-state index contributed by atoms with van der Waals surface area (Å²) in [6.45, 7) is 4.01. The van der Waals surface area contributed by atoms with Crippen LogP contribution >= 0.6 is 0 Å². The number of rotatable bonds is 9. The first-order valence-corrected chi connectivity index (χ1v) is 7.92. The smallest absolute Gasteiger partial charge is 0.119 e. The number of nitrogens with zero attached hydrogens (tertiary/aromatic N) is 1. The van der Waals surface area contributed by atoms with Gasteiger partial charge >= 0.3 is 0 Å². The van der Waals surface area contributed by atoms with Gasteiger partial charge in [-0.15, -0.1) is 0 Å². The fraction of sp³-hybridized carbons (Fsp3) is 0.368. The largest absolute Gasteiger partial charge is 0.491 e. The number of aliphatic hydroxyl groups excluding tert-OH is 2. The SMILES string of the molecule is Cc1ccc(OC[C@H](O)CN(CCO)Cc2ccccc2)cc1. The van der Waals surface area contributed by atoms with Crippen molar-refractivity contribution in [1.82, 2.24) is 4.90 Å². The molecule has 124 valence electrons. The molecule has 4 heteroatoms. The summed E-state index contributed by atoms with van der Waals surface area (Å²) in [4.78, 5) is 2.03. The van der Waals surface area contributed by atoms with E-state index in [9.17, 15) is 10.2 Å². The van der Waals surface area contributed by atoms with Crippen LogP contribution in [0, 0.1) is 6.92 Å². The zero-order valence-electron chi connectivity index (χ0n) is 13.6. The highest BCUT2D eigenvalue weighted by atomic mass is 16.5. The van der Waals surface area contributed by atoms with Crippen LogP contribution in [0.25, 0.3) is 0 Å². The number of hydrogen-bond acceptors (Lipinski definition) is 4. The lowest BCUT2D eigenvalue weighted by Gasteiger charge is -2.24. The minimum absolute atomic E-state index is 0.0678. The van der Waals surface area contributed by atoms with Crippen molar-refractivity contribution in [3.05, 3.63) is 65.7 Å². The lowest BCUT2D eigenvalue weighted by molar-refractivity contribution is 0.0590.